The maximum Gasteiger partial charge on any atom is 0.159 e. The minimum atomic E-state index is -0.747. The molecule has 2 nitrogen and oxygen atoms in total. The molecule has 0 aromatic heterocycles. The Morgan fingerprint density at radius 3 is 2.07 bits per heavy atom. The first-order valence-electron chi connectivity index (χ1n) is 4.90. The van der Waals surface area contributed by atoms with E-state index >= 15 is 0 Å². The van der Waals surface area contributed by atoms with Crippen LogP contribution in [0.4, 0.5) is 0 Å². The summed E-state index contributed by atoms with van der Waals surface area (Å²) in [4.78, 5) is 23.4. The van der Waals surface area contributed by atoms with Crippen molar-refractivity contribution in [1.29, 1.82) is 0 Å². The van der Waals surface area contributed by atoms with Gasteiger partial charge in [-0.15, -0.1) is 11.8 Å². The zero-order valence-electron chi connectivity index (χ0n) is 9.51. The predicted molar refractivity (Wildman–Crippen MR) is 59.5 cm³/mol. The van der Waals surface area contributed by atoms with E-state index in [0.29, 0.717) is 6.42 Å². The van der Waals surface area contributed by atoms with Crippen LogP contribution in [-0.2, 0) is 9.59 Å². The zero-order chi connectivity index (χ0) is 11.1. The monoisotopic (exact) mass is 214 g/mol. The van der Waals surface area contributed by atoms with Gasteiger partial charge in [0.15, 0.2) is 5.78 Å². The molecule has 1 saturated carbocycles. The van der Waals surface area contributed by atoms with Gasteiger partial charge in [-0.25, -0.2) is 0 Å². The van der Waals surface area contributed by atoms with Crippen LogP contribution in [0.1, 0.15) is 41.0 Å². The van der Waals surface area contributed by atoms with Gasteiger partial charge in [0, 0.05) is 11.2 Å². The van der Waals surface area contributed by atoms with Crippen molar-refractivity contribution in [3.8, 4) is 0 Å². The van der Waals surface area contributed by atoms with E-state index in [-0.39, 0.29) is 21.6 Å². The Morgan fingerprint density at radius 2 is 1.79 bits per heavy atom. The number of hydrogen-bond donors (Lipinski definition) is 0. The van der Waals surface area contributed by atoms with Crippen LogP contribution in [0.5, 0.6) is 0 Å². The Balaban J connectivity index is 2.78. The normalized spacial score (nSPS) is 27.1. The molecule has 0 radical (unpaired) electrons. The average molecular weight is 214 g/mol. The van der Waals surface area contributed by atoms with Gasteiger partial charge in [0.1, 0.15) is 5.78 Å². The lowest BCUT2D eigenvalue weighted by atomic mass is 9.90. The molecule has 1 atom stereocenters. The first-order valence-corrected chi connectivity index (χ1v) is 5.78. The minimum absolute atomic E-state index is 0.0427. The molecule has 0 bridgehead atoms. The largest absolute Gasteiger partial charge is 0.299 e. The predicted octanol–water partition coefficient (Wildman–Crippen LogP) is 2.45. The lowest BCUT2D eigenvalue weighted by Gasteiger charge is -2.22. The van der Waals surface area contributed by atoms with Crippen molar-refractivity contribution in [2.45, 2.75) is 51.0 Å². The number of carbonyl (C=O) groups is 2. The summed E-state index contributed by atoms with van der Waals surface area (Å²) in [6.07, 6.45) is 0.410. The molecule has 1 aliphatic carbocycles. The summed E-state index contributed by atoms with van der Waals surface area (Å²) in [5.74, 6) is 0.187. The highest BCUT2D eigenvalue weighted by Gasteiger charge is 2.48. The summed E-state index contributed by atoms with van der Waals surface area (Å²) in [6.45, 7) is 9.68. The van der Waals surface area contributed by atoms with Crippen molar-refractivity contribution in [1.82, 2.24) is 0 Å². The molecule has 14 heavy (non-hydrogen) atoms. The Bertz CT molecular complexity index is 274. The quantitative estimate of drug-likeness (QED) is 0.629. The van der Waals surface area contributed by atoms with Crippen LogP contribution in [0.3, 0.4) is 0 Å². The second kappa shape index (κ2) is 3.37. The number of rotatable bonds is 1. The van der Waals surface area contributed by atoms with Crippen molar-refractivity contribution >= 4 is 23.3 Å². The Labute approximate surface area is 89.8 Å². The van der Waals surface area contributed by atoms with Gasteiger partial charge in [0.2, 0.25) is 0 Å². The van der Waals surface area contributed by atoms with Gasteiger partial charge in [0.05, 0.1) is 10.7 Å². The first-order chi connectivity index (χ1) is 6.14. The van der Waals surface area contributed by atoms with Gasteiger partial charge in [-0.2, -0.15) is 0 Å². The number of carbonyl (C=O) groups excluding carboxylic acids is 2. The van der Waals surface area contributed by atoms with Crippen LogP contribution in [0, 0.1) is 5.41 Å². The molecule has 0 aliphatic heterocycles. The van der Waals surface area contributed by atoms with Gasteiger partial charge in [-0.05, 0) is 13.8 Å². The number of ketones is 2. The van der Waals surface area contributed by atoms with Crippen LogP contribution in [-0.4, -0.2) is 21.6 Å². The third-order valence-electron chi connectivity index (χ3n) is 2.47. The van der Waals surface area contributed by atoms with Crippen LogP contribution in [0.2, 0.25) is 0 Å². The summed E-state index contributed by atoms with van der Waals surface area (Å²) < 4.78 is 0.0427. The molecule has 0 spiro atoms. The van der Waals surface area contributed by atoms with E-state index in [4.69, 9.17) is 0 Å². The van der Waals surface area contributed by atoms with Gasteiger partial charge in [-0.1, -0.05) is 20.8 Å². The van der Waals surface area contributed by atoms with Crippen molar-refractivity contribution in [2.75, 3.05) is 0 Å². The lowest BCUT2D eigenvalue weighted by molar-refractivity contribution is -0.132. The summed E-state index contributed by atoms with van der Waals surface area (Å²) in [5, 5.41) is -0.127. The van der Waals surface area contributed by atoms with Crippen molar-refractivity contribution in [3.05, 3.63) is 0 Å². The third-order valence-corrected chi connectivity index (χ3v) is 3.84. The topological polar surface area (TPSA) is 34.1 Å². The van der Waals surface area contributed by atoms with Gasteiger partial charge >= 0.3 is 0 Å². The third kappa shape index (κ3) is 2.19. The molecular formula is C11H18O2S. The molecule has 0 saturated heterocycles. The maximum absolute atomic E-state index is 11.9. The maximum atomic E-state index is 11.9. The van der Waals surface area contributed by atoms with Crippen molar-refractivity contribution < 1.29 is 9.59 Å². The van der Waals surface area contributed by atoms with E-state index in [9.17, 15) is 9.59 Å². The van der Waals surface area contributed by atoms with E-state index in [0.717, 1.165) is 0 Å². The smallest absolute Gasteiger partial charge is 0.159 e. The highest BCUT2D eigenvalue weighted by atomic mass is 32.2. The number of thioether (sulfide) groups is 1. The molecule has 0 amide bonds. The molecule has 0 heterocycles. The second-order valence-corrected chi connectivity index (χ2v) is 7.36. The molecule has 0 aromatic carbocycles. The van der Waals surface area contributed by atoms with Crippen LogP contribution in [0.15, 0.2) is 0 Å². The van der Waals surface area contributed by atoms with Gasteiger partial charge in [0.25, 0.3) is 0 Å². The molecule has 0 N–H and O–H groups in total. The summed E-state index contributed by atoms with van der Waals surface area (Å²) >= 11 is 1.61. The summed E-state index contributed by atoms with van der Waals surface area (Å²) in [5.41, 5.74) is -0.747. The fraction of sp³-hybridized carbons (Fsp3) is 0.818. The van der Waals surface area contributed by atoms with E-state index in [1.165, 1.54) is 0 Å². The molecule has 1 aliphatic rings. The highest BCUT2D eigenvalue weighted by Crippen LogP contribution is 2.41. The molecule has 3 heteroatoms. The standard InChI is InChI=1S/C11H18O2S/c1-10(2,3)14-7-6-8(12)11(4,5)9(7)13/h7H,6H2,1-5H3. The Morgan fingerprint density at radius 1 is 1.29 bits per heavy atom. The Hall–Kier alpha value is -0.310. The molecule has 1 rings (SSSR count). The zero-order valence-corrected chi connectivity index (χ0v) is 10.3. The first kappa shape index (κ1) is 11.8. The van der Waals surface area contributed by atoms with Crippen LogP contribution in [0.25, 0.3) is 0 Å². The van der Waals surface area contributed by atoms with Gasteiger partial charge in [-0.3, -0.25) is 9.59 Å². The van der Waals surface area contributed by atoms with E-state index < -0.39 is 5.41 Å². The average Bonchev–Trinajstić information content (AvgIpc) is 2.12. The molecule has 80 valence electrons. The molecule has 1 fully saturated rings. The Kier molecular flexibility index (Phi) is 2.83. The minimum Gasteiger partial charge on any atom is -0.299 e. The fourth-order valence-corrected chi connectivity index (χ4v) is 3.07. The number of hydrogen-bond acceptors (Lipinski definition) is 3. The molecule has 1 unspecified atom stereocenters. The van der Waals surface area contributed by atoms with E-state index in [1.807, 2.05) is 0 Å². The molecule has 0 aromatic rings. The molecular weight excluding hydrogens is 196 g/mol. The SMILES string of the molecule is CC(C)(C)SC1CC(=O)C(C)(C)C1=O. The van der Waals surface area contributed by atoms with Crippen molar-refractivity contribution in [2.24, 2.45) is 5.41 Å². The van der Waals surface area contributed by atoms with E-state index in [2.05, 4.69) is 20.8 Å². The summed E-state index contributed by atoms with van der Waals surface area (Å²) in [7, 11) is 0. The fourth-order valence-electron chi connectivity index (χ4n) is 1.58. The highest BCUT2D eigenvalue weighted by molar-refractivity contribution is 8.01. The van der Waals surface area contributed by atoms with Crippen LogP contribution < -0.4 is 0 Å². The second-order valence-electron chi connectivity index (χ2n) is 5.34. The van der Waals surface area contributed by atoms with Crippen LogP contribution >= 0.6 is 11.8 Å². The number of Topliss-reactive ketones (excluding diaryl/α,β-unsaturated/α-hetero) is 2. The van der Waals surface area contributed by atoms with Gasteiger partial charge < -0.3 is 0 Å². The summed E-state index contributed by atoms with van der Waals surface area (Å²) in [6, 6.07) is 0. The lowest BCUT2D eigenvalue weighted by Crippen LogP contribution is -2.29. The van der Waals surface area contributed by atoms with E-state index in [1.54, 1.807) is 25.6 Å². The van der Waals surface area contributed by atoms with Crippen molar-refractivity contribution in [3.63, 3.8) is 0 Å².